The predicted octanol–water partition coefficient (Wildman–Crippen LogP) is 6.92. The average Bonchev–Trinajstić information content (AvgIpc) is 3.19. The van der Waals surface area contributed by atoms with E-state index in [1.54, 1.807) is 18.2 Å². The highest BCUT2D eigenvalue weighted by Crippen LogP contribution is 2.23. The van der Waals surface area contributed by atoms with Crippen LogP contribution in [0.2, 0.25) is 0 Å². The zero-order valence-electron chi connectivity index (χ0n) is 19.0. The molecule has 0 unspecified atom stereocenters. The molecule has 0 aliphatic rings. The lowest BCUT2D eigenvalue weighted by Crippen LogP contribution is -2.13. The van der Waals surface area contributed by atoms with E-state index in [0.717, 1.165) is 18.6 Å². The Bertz CT molecular complexity index is 965. The molecule has 1 aromatic heterocycles. The second-order valence-electron chi connectivity index (χ2n) is 7.99. The number of ether oxygens (including phenoxy) is 2. The number of rotatable bonds is 15. The predicted molar refractivity (Wildman–Crippen MR) is 126 cm³/mol. The Labute approximate surface area is 190 Å². The molecule has 0 N–H and O–H groups in total. The molecule has 6 heteroatoms. The van der Waals surface area contributed by atoms with Crippen molar-refractivity contribution in [3.8, 4) is 23.3 Å². The summed E-state index contributed by atoms with van der Waals surface area (Å²) in [5.41, 5.74) is 0.556. The summed E-state index contributed by atoms with van der Waals surface area (Å²) in [5, 5.41) is 4.17. The largest absolute Gasteiger partial charge is 0.457 e. The van der Waals surface area contributed by atoms with Gasteiger partial charge in [-0.25, -0.2) is 4.79 Å². The van der Waals surface area contributed by atoms with Crippen LogP contribution in [0.25, 0.3) is 5.69 Å². The topological polar surface area (TPSA) is 66.5 Å². The van der Waals surface area contributed by atoms with E-state index in [4.69, 9.17) is 13.9 Å². The van der Waals surface area contributed by atoms with Crippen LogP contribution in [0.4, 0.5) is 0 Å². The van der Waals surface area contributed by atoms with Crippen LogP contribution in [0, 0.1) is 0 Å². The van der Waals surface area contributed by atoms with E-state index in [1.165, 1.54) is 56.0 Å². The van der Waals surface area contributed by atoms with Gasteiger partial charge in [0, 0.05) is 6.07 Å². The molecule has 0 spiro atoms. The normalized spacial score (nSPS) is 10.9. The molecule has 1 heterocycles. The van der Waals surface area contributed by atoms with Crippen molar-refractivity contribution in [1.29, 1.82) is 0 Å². The minimum Gasteiger partial charge on any atom is -0.457 e. The van der Waals surface area contributed by atoms with E-state index in [-0.39, 0.29) is 6.08 Å². The van der Waals surface area contributed by atoms with Crippen LogP contribution in [0.1, 0.15) is 71.1 Å². The fourth-order valence-electron chi connectivity index (χ4n) is 3.53. The molecule has 6 nitrogen and oxygen atoms in total. The zero-order valence-corrected chi connectivity index (χ0v) is 19.0. The first-order chi connectivity index (χ1) is 15.8. The van der Waals surface area contributed by atoms with Crippen molar-refractivity contribution in [1.82, 2.24) is 9.78 Å². The molecule has 0 saturated heterocycles. The fourth-order valence-corrected chi connectivity index (χ4v) is 3.53. The smallest absolute Gasteiger partial charge is 0.444 e. The van der Waals surface area contributed by atoms with Crippen LogP contribution in [0.5, 0.6) is 17.6 Å². The lowest BCUT2D eigenvalue weighted by atomic mass is 10.1. The fraction of sp³-hybridized carbons (Fsp3) is 0.462. The van der Waals surface area contributed by atoms with Gasteiger partial charge in [0.1, 0.15) is 11.5 Å². The van der Waals surface area contributed by atoms with Crippen LogP contribution in [-0.2, 0) is 0 Å². The molecule has 0 atom stereocenters. The maximum Gasteiger partial charge on any atom is 0.444 e. The number of hydrogen-bond donors (Lipinski definition) is 0. The first-order valence-electron chi connectivity index (χ1n) is 11.8. The molecule has 0 radical (unpaired) electrons. The van der Waals surface area contributed by atoms with Gasteiger partial charge in [0.05, 0.1) is 12.3 Å². The van der Waals surface area contributed by atoms with E-state index >= 15 is 0 Å². The monoisotopic (exact) mass is 438 g/mol. The third-order valence-electron chi connectivity index (χ3n) is 5.29. The molecule has 0 saturated carbocycles. The number of nitrogens with zero attached hydrogens (tertiary/aromatic N) is 2. The highest BCUT2D eigenvalue weighted by Gasteiger charge is 2.12. The van der Waals surface area contributed by atoms with Gasteiger partial charge in [-0.15, -0.1) is 0 Å². The number of benzene rings is 2. The van der Waals surface area contributed by atoms with Crippen molar-refractivity contribution >= 4 is 0 Å². The minimum atomic E-state index is -0.583. The van der Waals surface area contributed by atoms with Crippen molar-refractivity contribution in [3.05, 3.63) is 65.1 Å². The summed E-state index contributed by atoms with van der Waals surface area (Å²) in [6, 6.07) is 16.6. The highest BCUT2D eigenvalue weighted by atomic mass is 16.6. The number of unbranched alkanes of at least 4 members (excludes halogenated alkanes) is 9. The van der Waals surface area contributed by atoms with E-state index in [9.17, 15) is 4.79 Å². The van der Waals surface area contributed by atoms with Gasteiger partial charge in [-0.3, -0.25) is 0 Å². The molecule has 172 valence electrons. The lowest BCUT2D eigenvalue weighted by molar-refractivity contribution is 0.219. The summed E-state index contributed by atoms with van der Waals surface area (Å²) < 4.78 is 17.7. The molecule has 2 aromatic carbocycles. The van der Waals surface area contributed by atoms with Crippen LogP contribution in [0.15, 0.2) is 63.8 Å². The Morgan fingerprint density at radius 2 is 1.47 bits per heavy atom. The molecular formula is C26H34N2O4. The third kappa shape index (κ3) is 7.91. The summed E-state index contributed by atoms with van der Waals surface area (Å²) >= 11 is 0. The van der Waals surface area contributed by atoms with E-state index in [2.05, 4.69) is 12.0 Å². The van der Waals surface area contributed by atoms with Crippen LogP contribution in [0.3, 0.4) is 0 Å². The first kappa shape index (κ1) is 23.6. The average molecular weight is 439 g/mol. The van der Waals surface area contributed by atoms with Crippen LogP contribution >= 0.6 is 0 Å². The van der Waals surface area contributed by atoms with Gasteiger partial charge < -0.3 is 13.9 Å². The lowest BCUT2D eigenvalue weighted by Gasteiger charge is -2.06. The summed E-state index contributed by atoms with van der Waals surface area (Å²) in [6.45, 7) is 2.74. The van der Waals surface area contributed by atoms with Gasteiger partial charge in [-0.1, -0.05) is 94.1 Å². The highest BCUT2D eigenvalue weighted by molar-refractivity contribution is 5.40. The first-order valence-corrected chi connectivity index (χ1v) is 11.8. The SMILES string of the molecule is CCCCCCCCCCCCOc1nn(-c2cccc(Oc3ccccc3)c2)c(=O)o1. The quantitative estimate of drug-likeness (QED) is 0.241. The molecule has 0 fully saturated rings. The maximum atomic E-state index is 12.2. The van der Waals surface area contributed by atoms with Crippen molar-refractivity contribution in [2.45, 2.75) is 71.1 Å². The maximum absolute atomic E-state index is 12.2. The third-order valence-corrected chi connectivity index (χ3v) is 5.29. The zero-order chi connectivity index (χ0) is 22.4. The Morgan fingerprint density at radius 3 is 2.19 bits per heavy atom. The molecule has 32 heavy (non-hydrogen) atoms. The molecule has 0 amide bonds. The van der Waals surface area contributed by atoms with Crippen LogP contribution < -0.4 is 15.2 Å². The van der Waals surface area contributed by atoms with Gasteiger partial charge in [-0.2, -0.15) is 4.68 Å². The second-order valence-corrected chi connectivity index (χ2v) is 7.99. The Morgan fingerprint density at radius 1 is 0.812 bits per heavy atom. The Kier molecular flexibility index (Phi) is 9.90. The molecule has 0 bridgehead atoms. The second kappa shape index (κ2) is 13.4. The summed E-state index contributed by atoms with van der Waals surface area (Å²) in [6.07, 6.45) is 12.6. The van der Waals surface area contributed by atoms with Crippen molar-refractivity contribution in [3.63, 3.8) is 0 Å². The van der Waals surface area contributed by atoms with E-state index in [1.807, 2.05) is 36.4 Å². The standard InChI is InChI=1S/C26H34N2O4/c1-2-3-4-5-6-7-8-9-10-14-20-30-25-27-28(26(29)32-25)22-16-15-19-24(21-22)31-23-17-12-11-13-18-23/h11-13,15-19,21H,2-10,14,20H2,1H3. The molecule has 3 aromatic rings. The Balaban J connectivity index is 1.40. The van der Waals surface area contributed by atoms with E-state index < -0.39 is 5.76 Å². The van der Waals surface area contributed by atoms with Gasteiger partial charge >= 0.3 is 11.8 Å². The van der Waals surface area contributed by atoms with E-state index in [0.29, 0.717) is 18.0 Å². The minimum absolute atomic E-state index is 0.000282. The number of hydrogen-bond acceptors (Lipinski definition) is 5. The van der Waals surface area contributed by atoms with Gasteiger partial charge in [0.25, 0.3) is 0 Å². The molecule has 0 aliphatic carbocycles. The summed E-state index contributed by atoms with van der Waals surface area (Å²) in [7, 11) is 0. The number of para-hydroxylation sites is 1. The van der Waals surface area contributed by atoms with Gasteiger partial charge in [-0.05, 0) is 30.7 Å². The molecule has 3 rings (SSSR count). The summed E-state index contributed by atoms with van der Waals surface area (Å²) in [5.74, 6) is 0.744. The van der Waals surface area contributed by atoms with Gasteiger partial charge in [0.15, 0.2) is 0 Å². The van der Waals surface area contributed by atoms with Crippen LogP contribution in [-0.4, -0.2) is 16.4 Å². The Hall–Kier alpha value is -3.02. The summed E-state index contributed by atoms with van der Waals surface area (Å²) in [4.78, 5) is 12.2. The molecular weight excluding hydrogens is 404 g/mol. The molecule has 0 aliphatic heterocycles. The van der Waals surface area contributed by atoms with Crippen molar-refractivity contribution in [2.75, 3.05) is 6.61 Å². The van der Waals surface area contributed by atoms with Crippen molar-refractivity contribution < 1.29 is 13.9 Å². The van der Waals surface area contributed by atoms with Gasteiger partial charge in [0.2, 0.25) is 0 Å². The van der Waals surface area contributed by atoms with Crippen molar-refractivity contribution in [2.24, 2.45) is 0 Å². The number of aromatic nitrogens is 2.